The van der Waals surface area contributed by atoms with Gasteiger partial charge in [0.2, 0.25) is 0 Å². The third-order valence-corrected chi connectivity index (χ3v) is 3.87. The van der Waals surface area contributed by atoms with Crippen molar-refractivity contribution in [3.63, 3.8) is 0 Å². The number of imidazole rings is 1. The van der Waals surface area contributed by atoms with Crippen LogP contribution in [-0.2, 0) is 0 Å². The van der Waals surface area contributed by atoms with Crippen molar-refractivity contribution in [3.05, 3.63) is 56.6 Å². The molecule has 0 fully saturated rings. The summed E-state index contributed by atoms with van der Waals surface area (Å²) >= 11 is 8.01. The second kappa shape index (κ2) is 4.05. The number of rotatable bonds is 2. The van der Waals surface area contributed by atoms with Crippen LogP contribution < -0.4 is 5.69 Å². The van der Waals surface area contributed by atoms with E-state index in [-0.39, 0.29) is 11.1 Å². The zero-order chi connectivity index (χ0) is 11.8. The summed E-state index contributed by atoms with van der Waals surface area (Å²) in [6, 6.07) is 7.71. The maximum absolute atomic E-state index is 11.2. The van der Waals surface area contributed by atoms with Crippen LogP contribution in [0.25, 0.3) is 11.0 Å². The molecule has 3 rings (SSSR count). The number of halogens is 1. The van der Waals surface area contributed by atoms with Crippen LogP contribution >= 0.6 is 22.9 Å². The van der Waals surface area contributed by atoms with Gasteiger partial charge in [-0.1, -0.05) is 6.07 Å². The molecule has 2 heterocycles. The first-order valence-corrected chi connectivity index (χ1v) is 6.50. The van der Waals surface area contributed by atoms with Gasteiger partial charge < -0.3 is 9.97 Å². The van der Waals surface area contributed by atoms with Crippen molar-refractivity contribution in [1.29, 1.82) is 0 Å². The predicted octanol–water partition coefficient (Wildman–Crippen LogP) is 3.25. The van der Waals surface area contributed by atoms with Gasteiger partial charge in [0.25, 0.3) is 0 Å². The molecular weight excluding hydrogens is 256 g/mol. The van der Waals surface area contributed by atoms with Crippen molar-refractivity contribution in [1.82, 2.24) is 9.97 Å². The minimum atomic E-state index is -0.196. The van der Waals surface area contributed by atoms with E-state index in [0.29, 0.717) is 0 Å². The number of hydrogen-bond donors (Lipinski definition) is 2. The first-order chi connectivity index (χ1) is 8.24. The molecule has 0 aliphatic heterocycles. The van der Waals surface area contributed by atoms with Crippen LogP contribution in [0.1, 0.15) is 16.5 Å². The normalized spacial score (nSPS) is 13.0. The molecular formula is C12H9ClN2OS. The molecule has 0 aliphatic rings. The molecule has 2 aromatic heterocycles. The second-order valence-electron chi connectivity index (χ2n) is 3.80. The minimum Gasteiger partial charge on any atom is -0.306 e. The van der Waals surface area contributed by atoms with Crippen molar-refractivity contribution >= 4 is 34.0 Å². The summed E-state index contributed by atoms with van der Waals surface area (Å²) in [4.78, 5) is 16.6. The number of aromatic amines is 2. The third-order valence-electron chi connectivity index (χ3n) is 2.67. The lowest BCUT2D eigenvalue weighted by Crippen LogP contribution is -1.99. The van der Waals surface area contributed by atoms with Gasteiger partial charge in [-0.2, -0.15) is 11.3 Å². The molecule has 1 atom stereocenters. The van der Waals surface area contributed by atoms with Gasteiger partial charge in [-0.05, 0) is 40.1 Å². The van der Waals surface area contributed by atoms with E-state index >= 15 is 0 Å². The highest BCUT2D eigenvalue weighted by molar-refractivity contribution is 7.08. The maximum Gasteiger partial charge on any atom is 0.323 e. The number of aromatic nitrogens is 2. The molecule has 1 unspecified atom stereocenters. The van der Waals surface area contributed by atoms with Gasteiger partial charge in [0.1, 0.15) is 0 Å². The fraction of sp³-hybridized carbons (Fsp3) is 0.0833. The van der Waals surface area contributed by atoms with Crippen molar-refractivity contribution in [2.24, 2.45) is 0 Å². The number of fused-ring (bicyclic) bond motifs is 1. The van der Waals surface area contributed by atoms with Crippen molar-refractivity contribution in [2.45, 2.75) is 5.38 Å². The van der Waals surface area contributed by atoms with Crippen LogP contribution in [0.2, 0.25) is 0 Å². The summed E-state index contributed by atoms with van der Waals surface area (Å²) < 4.78 is 0. The number of thiophene rings is 1. The van der Waals surface area contributed by atoms with Crippen molar-refractivity contribution in [2.75, 3.05) is 0 Å². The molecule has 86 valence electrons. The average molecular weight is 265 g/mol. The van der Waals surface area contributed by atoms with Gasteiger partial charge in [0, 0.05) is 0 Å². The average Bonchev–Trinajstić information content (AvgIpc) is 2.94. The van der Waals surface area contributed by atoms with Crippen LogP contribution in [0, 0.1) is 0 Å². The van der Waals surface area contributed by atoms with E-state index in [1.165, 1.54) is 0 Å². The van der Waals surface area contributed by atoms with Crippen LogP contribution in [0.5, 0.6) is 0 Å². The van der Waals surface area contributed by atoms with E-state index in [1.807, 2.05) is 35.0 Å². The van der Waals surface area contributed by atoms with Crippen LogP contribution in [0.15, 0.2) is 39.8 Å². The number of benzene rings is 1. The monoisotopic (exact) mass is 264 g/mol. The highest BCUT2D eigenvalue weighted by Crippen LogP contribution is 2.31. The van der Waals surface area contributed by atoms with Crippen molar-refractivity contribution < 1.29 is 0 Å². The van der Waals surface area contributed by atoms with E-state index < -0.39 is 0 Å². The van der Waals surface area contributed by atoms with Gasteiger partial charge in [-0.3, -0.25) is 0 Å². The van der Waals surface area contributed by atoms with E-state index in [9.17, 15) is 4.79 Å². The summed E-state index contributed by atoms with van der Waals surface area (Å²) in [6.45, 7) is 0. The molecule has 0 amide bonds. The Morgan fingerprint density at radius 2 is 1.94 bits per heavy atom. The SMILES string of the molecule is O=c1[nH]c2ccc(C(Cl)c3ccsc3)cc2[nH]1. The highest BCUT2D eigenvalue weighted by Gasteiger charge is 2.12. The zero-order valence-corrected chi connectivity index (χ0v) is 10.3. The van der Waals surface area contributed by atoms with E-state index in [1.54, 1.807) is 11.3 Å². The van der Waals surface area contributed by atoms with Gasteiger partial charge in [0.05, 0.1) is 16.4 Å². The summed E-state index contributed by atoms with van der Waals surface area (Å²) in [5, 5.41) is 3.85. The molecule has 2 N–H and O–H groups in total. The summed E-state index contributed by atoms with van der Waals surface area (Å²) in [6.07, 6.45) is 0. The quantitative estimate of drug-likeness (QED) is 0.686. The summed E-state index contributed by atoms with van der Waals surface area (Å²) in [5.41, 5.74) is 3.45. The fourth-order valence-electron chi connectivity index (χ4n) is 1.82. The maximum atomic E-state index is 11.2. The lowest BCUT2D eigenvalue weighted by Gasteiger charge is -2.07. The molecule has 0 saturated heterocycles. The Morgan fingerprint density at radius 3 is 2.71 bits per heavy atom. The fourth-order valence-corrected chi connectivity index (χ4v) is 2.85. The number of H-pyrrole nitrogens is 2. The molecule has 0 saturated carbocycles. The van der Waals surface area contributed by atoms with Gasteiger partial charge >= 0.3 is 5.69 Å². The Kier molecular flexibility index (Phi) is 2.53. The predicted molar refractivity (Wildman–Crippen MR) is 70.9 cm³/mol. The van der Waals surface area contributed by atoms with Crippen molar-refractivity contribution in [3.8, 4) is 0 Å². The molecule has 0 aliphatic carbocycles. The lowest BCUT2D eigenvalue weighted by atomic mass is 10.1. The molecule has 3 nitrogen and oxygen atoms in total. The molecule has 17 heavy (non-hydrogen) atoms. The summed E-state index contributed by atoms with van der Waals surface area (Å²) in [5.74, 6) is 0. The Hall–Kier alpha value is -1.52. The second-order valence-corrected chi connectivity index (χ2v) is 5.02. The van der Waals surface area contributed by atoms with E-state index in [4.69, 9.17) is 11.6 Å². The van der Waals surface area contributed by atoms with Crippen LogP contribution in [-0.4, -0.2) is 9.97 Å². The Bertz CT molecular complexity index is 699. The zero-order valence-electron chi connectivity index (χ0n) is 8.74. The minimum absolute atomic E-state index is 0.177. The molecule has 3 aromatic rings. The molecule has 1 aromatic carbocycles. The smallest absolute Gasteiger partial charge is 0.306 e. The van der Waals surface area contributed by atoms with Gasteiger partial charge in [-0.15, -0.1) is 11.6 Å². The number of alkyl halides is 1. The number of hydrogen-bond acceptors (Lipinski definition) is 2. The molecule has 5 heteroatoms. The first-order valence-electron chi connectivity index (χ1n) is 5.12. The van der Waals surface area contributed by atoms with Crippen LogP contribution in [0.4, 0.5) is 0 Å². The first kappa shape index (κ1) is 10.6. The number of nitrogens with one attached hydrogen (secondary N) is 2. The van der Waals surface area contributed by atoms with E-state index in [2.05, 4.69) is 9.97 Å². The third kappa shape index (κ3) is 1.90. The molecule has 0 bridgehead atoms. The lowest BCUT2D eigenvalue weighted by molar-refractivity contribution is 1.16. The summed E-state index contributed by atoms with van der Waals surface area (Å²) in [7, 11) is 0. The van der Waals surface area contributed by atoms with Gasteiger partial charge in [0.15, 0.2) is 0 Å². The largest absolute Gasteiger partial charge is 0.323 e. The Morgan fingerprint density at radius 1 is 1.12 bits per heavy atom. The van der Waals surface area contributed by atoms with Gasteiger partial charge in [-0.25, -0.2) is 4.79 Å². The molecule has 0 radical (unpaired) electrons. The van der Waals surface area contributed by atoms with E-state index in [0.717, 1.165) is 22.2 Å². The molecule has 0 spiro atoms. The Labute approximate surface area is 106 Å². The Balaban J connectivity index is 2.08. The topological polar surface area (TPSA) is 48.6 Å². The standard InChI is InChI=1S/C12H9ClN2OS/c13-11(8-3-4-17-6-8)7-1-2-9-10(5-7)15-12(16)14-9/h1-6,11H,(H2,14,15,16). The van der Waals surface area contributed by atoms with Crippen LogP contribution in [0.3, 0.4) is 0 Å². The highest BCUT2D eigenvalue weighted by atomic mass is 35.5.